The first-order chi connectivity index (χ1) is 14.0. The first-order valence-corrected chi connectivity index (χ1v) is 9.79. The number of benzene rings is 2. The maximum Gasteiger partial charge on any atom is 0.195 e. The number of carbonyl (C=O) groups is 1. The number of aliphatic hydroxyl groups is 3. The zero-order valence-electron chi connectivity index (χ0n) is 15.9. The average molecular weight is 393 g/mol. The number of nitriles is 1. The molecule has 150 valence electrons. The van der Waals surface area contributed by atoms with E-state index in [1.165, 1.54) is 18.4 Å². The number of rotatable bonds is 5. The molecule has 2 aliphatic rings. The molecule has 2 aromatic carbocycles. The van der Waals surface area contributed by atoms with Crippen LogP contribution in [0.4, 0.5) is 0 Å². The van der Waals surface area contributed by atoms with Gasteiger partial charge in [0, 0.05) is 0 Å². The second-order valence-electron chi connectivity index (χ2n) is 7.79. The minimum absolute atomic E-state index is 0.510. The number of nitrogens with zero attached hydrogens (tertiary/aromatic N) is 1. The lowest BCUT2D eigenvalue weighted by Crippen LogP contribution is -2.52. The van der Waals surface area contributed by atoms with Gasteiger partial charge < -0.3 is 20.1 Å². The SMILES string of the molecule is N#Cc1ccc([C@@H]2O[C@H](CO)[C@@H](O)C(=O)[C@H]2O)cc1Cc1ccc(C2CC2)cc1. The van der Waals surface area contributed by atoms with Crippen LogP contribution >= 0.6 is 0 Å². The van der Waals surface area contributed by atoms with Gasteiger partial charge in [-0.05, 0) is 53.5 Å². The Labute approximate surface area is 169 Å². The highest BCUT2D eigenvalue weighted by molar-refractivity contribution is 5.89. The minimum atomic E-state index is -1.56. The van der Waals surface area contributed by atoms with Crippen molar-refractivity contribution in [1.82, 2.24) is 0 Å². The third-order valence-corrected chi connectivity index (χ3v) is 5.72. The number of hydrogen-bond acceptors (Lipinski definition) is 6. The van der Waals surface area contributed by atoms with Crippen LogP contribution in [0.2, 0.25) is 0 Å². The summed E-state index contributed by atoms with van der Waals surface area (Å²) in [7, 11) is 0. The largest absolute Gasteiger partial charge is 0.394 e. The molecule has 4 atom stereocenters. The average Bonchev–Trinajstić information content (AvgIpc) is 3.58. The predicted molar refractivity (Wildman–Crippen MR) is 104 cm³/mol. The first kappa shape index (κ1) is 19.7. The van der Waals surface area contributed by atoms with Crippen LogP contribution in [-0.2, 0) is 16.0 Å². The predicted octanol–water partition coefficient (Wildman–Crippen LogP) is 1.75. The number of aliphatic hydroxyl groups excluding tert-OH is 3. The van der Waals surface area contributed by atoms with Crippen molar-refractivity contribution in [2.75, 3.05) is 6.61 Å². The molecule has 1 aliphatic carbocycles. The smallest absolute Gasteiger partial charge is 0.195 e. The summed E-state index contributed by atoms with van der Waals surface area (Å²) < 4.78 is 5.59. The Morgan fingerprint density at radius 3 is 2.34 bits per heavy atom. The van der Waals surface area contributed by atoms with E-state index >= 15 is 0 Å². The molecule has 3 N–H and O–H groups in total. The maximum absolute atomic E-state index is 12.1. The molecule has 1 aliphatic heterocycles. The summed E-state index contributed by atoms with van der Waals surface area (Å²) in [5, 5.41) is 39.0. The van der Waals surface area contributed by atoms with Gasteiger partial charge in [-0.25, -0.2) is 0 Å². The molecule has 0 radical (unpaired) electrons. The van der Waals surface area contributed by atoms with Gasteiger partial charge in [0.1, 0.15) is 24.4 Å². The number of ether oxygens (including phenoxy) is 1. The van der Waals surface area contributed by atoms with Crippen molar-refractivity contribution in [2.45, 2.75) is 49.6 Å². The Balaban J connectivity index is 1.60. The Kier molecular flexibility index (Phi) is 5.48. The molecule has 2 aromatic rings. The number of carbonyl (C=O) groups excluding carboxylic acids is 1. The third-order valence-electron chi connectivity index (χ3n) is 5.72. The molecule has 0 unspecified atom stereocenters. The summed E-state index contributed by atoms with van der Waals surface area (Å²) in [6, 6.07) is 15.6. The summed E-state index contributed by atoms with van der Waals surface area (Å²) >= 11 is 0. The van der Waals surface area contributed by atoms with Crippen LogP contribution in [0.3, 0.4) is 0 Å². The number of Topliss-reactive ketones (excluding diaryl/α,β-unsaturated/α-hetero) is 1. The van der Waals surface area contributed by atoms with Crippen LogP contribution in [0.1, 0.15) is 52.7 Å². The van der Waals surface area contributed by atoms with Crippen LogP contribution < -0.4 is 0 Å². The molecule has 0 bridgehead atoms. The molecular weight excluding hydrogens is 370 g/mol. The van der Waals surface area contributed by atoms with Crippen molar-refractivity contribution in [1.29, 1.82) is 5.26 Å². The molecule has 0 aromatic heterocycles. The summed E-state index contributed by atoms with van der Waals surface area (Å²) in [5.74, 6) is -0.0961. The van der Waals surface area contributed by atoms with E-state index in [1.807, 2.05) is 0 Å². The zero-order valence-corrected chi connectivity index (χ0v) is 15.9. The fourth-order valence-electron chi connectivity index (χ4n) is 3.84. The van der Waals surface area contributed by atoms with Crippen LogP contribution in [0.15, 0.2) is 42.5 Å². The molecule has 1 saturated carbocycles. The van der Waals surface area contributed by atoms with Crippen molar-refractivity contribution in [2.24, 2.45) is 0 Å². The topological polar surface area (TPSA) is 111 Å². The Bertz CT molecular complexity index is 945. The molecule has 1 saturated heterocycles. The van der Waals surface area contributed by atoms with E-state index in [2.05, 4.69) is 30.3 Å². The van der Waals surface area contributed by atoms with E-state index in [9.17, 15) is 25.4 Å². The van der Waals surface area contributed by atoms with E-state index < -0.39 is 36.8 Å². The van der Waals surface area contributed by atoms with E-state index in [1.54, 1.807) is 18.2 Å². The summed E-state index contributed by atoms with van der Waals surface area (Å²) in [6.07, 6.45) is -2.18. The van der Waals surface area contributed by atoms with Gasteiger partial charge in [-0.15, -0.1) is 0 Å². The third kappa shape index (κ3) is 3.96. The van der Waals surface area contributed by atoms with E-state index in [4.69, 9.17) is 4.74 Å². The Morgan fingerprint density at radius 1 is 1.03 bits per heavy atom. The van der Waals surface area contributed by atoms with Crippen molar-refractivity contribution in [3.05, 3.63) is 70.3 Å². The quantitative estimate of drug-likeness (QED) is 0.714. The molecule has 6 heteroatoms. The fourth-order valence-corrected chi connectivity index (χ4v) is 3.84. The lowest BCUT2D eigenvalue weighted by atomic mass is 9.90. The van der Waals surface area contributed by atoms with Gasteiger partial charge in [0.15, 0.2) is 5.78 Å². The van der Waals surface area contributed by atoms with Gasteiger partial charge in [0.05, 0.1) is 18.2 Å². The second kappa shape index (κ2) is 8.05. The van der Waals surface area contributed by atoms with Crippen molar-refractivity contribution in [3.8, 4) is 6.07 Å². The summed E-state index contributed by atoms with van der Waals surface area (Å²) in [4.78, 5) is 12.1. The number of hydrogen-bond donors (Lipinski definition) is 3. The van der Waals surface area contributed by atoms with Crippen LogP contribution in [0.25, 0.3) is 0 Å². The summed E-state index contributed by atoms with van der Waals surface area (Å²) in [5.41, 5.74) is 4.20. The van der Waals surface area contributed by atoms with Crippen LogP contribution in [0.5, 0.6) is 0 Å². The molecule has 2 fully saturated rings. The van der Waals surface area contributed by atoms with E-state index in [0.29, 0.717) is 23.5 Å². The Morgan fingerprint density at radius 2 is 1.72 bits per heavy atom. The second-order valence-corrected chi connectivity index (χ2v) is 7.79. The molecular formula is C23H23NO5. The van der Waals surface area contributed by atoms with Gasteiger partial charge in [0.25, 0.3) is 0 Å². The lowest BCUT2D eigenvalue weighted by Gasteiger charge is -2.35. The van der Waals surface area contributed by atoms with Crippen molar-refractivity contribution in [3.63, 3.8) is 0 Å². The maximum atomic E-state index is 12.1. The highest BCUT2D eigenvalue weighted by Crippen LogP contribution is 2.40. The van der Waals surface area contributed by atoms with Crippen molar-refractivity contribution < 1.29 is 24.9 Å². The normalized spacial score (nSPS) is 26.9. The highest BCUT2D eigenvalue weighted by atomic mass is 16.5. The van der Waals surface area contributed by atoms with Gasteiger partial charge in [0.2, 0.25) is 0 Å². The van der Waals surface area contributed by atoms with E-state index in [0.717, 1.165) is 11.1 Å². The van der Waals surface area contributed by atoms with Gasteiger partial charge in [-0.3, -0.25) is 4.79 Å². The van der Waals surface area contributed by atoms with Crippen LogP contribution in [0, 0.1) is 11.3 Å². The highest BCUT2D eigenvalue weighted by Gasteiger charge is 2.43. The van der Waals surface area contributed by atoms with Gasteiger partial charge in [-0.1, -0.05) is 36.4 Å². The monoisotopic (exact) mass is 393 g/mol. The van der Waals surface area contributed by atoms with Crippen LogP contribution in [-0.4, -0.2) is 46.0 Å². The van der Waals surface area contributed by atoms with Gasteiger partial charge >= 0.3 is 0 Å². The van der Waals surface area contributed by atoms with Gasteiger partial charge in [-0.2, -0.15) is 5.26 Å². The standard InChI is InChI=1S/C23H23NO5/c24-11-17-8-7-16(23-22(28)21(27)20(26)19(12-25)29-23)10-18(17)9-13-1-3-14(4-2-13)15-5-6-15/h1-4,7-8,10,15,19-20,22-23,25-26,28H,5-6,9,12H2/t19-,20-,22-,23+/m1/s1. The van der Waals surface area contributed by atoms with E-state index in [-0.39, 0.29) is 0 Å². The van der Waals surface area contributed by atoms with Crippen molar-refractivity contribution >= 4 is 5.78 Å². The lowest BCUT2D eigenvalue weighted by molar-refractivity contribution is -0.189. The molecule has 29 heavy (non-hydrogen) atoms. The molecule has 0 spiro atoms. The Hall–Kier alpha value is -2.56. The zero-order chi connectivity index (χ0) is 20.5. The number of ketones is 1. The first-order valence-electron chi connectivity index (χ1n) is 9.79. The minimum Gasteiger partial charge on any atom is -0.394 e. The molecule has 1 heterocycles. The fraction of sp³-hybridized carbons (Fsp3) is 0.391. The molecule has 6 nitrogen and oxygen atoms in total. The summed E-state index contributed by atoms with van der Waals surface area (Å²) in [6.45, 7) is -0.535. The molecule has 4 rings (SSSR count). The molecule has 0 amide bonds.